The van der Waals surface area contributed by atoms with Gasteiger partial charge >= 0.3 is 0 Å². The van der Waals surface area contributed by atoms with Crippen molar-refractivity contribution >= 4 is 11.6 Å². The van der Waals surface area contributed by atoms with Gasteiger partial charge in [0, 0.05) is 12.1 Å². The highest BCUT2D eigenvalue weighted by molar-refractivity contribution is 5.88. The van der Waals surface area contributed by atoms with Gasteiger partial charge in [0.2, 0.25) is 5.91 Å². The molecule has 2 aliphatic rings. The van der Waals surface area contributed by atoms with E-state index in [-0.39, 0.29) is 24.1 Å². The first-order valence-electron chi connectivity index (χ1n) is 7.00. The van der Waals surface area contributed by atoms with E-state index in [1.54, 1.807) is 0 Å². The Balaban J connectivity index is 1.67. The minimum absolute atomic E-state index is 0.00662. The molecule has 1 aliphatic heterocycles. The molecular formula is C15H20N2O2. The molecule has 102 valence electrons. The smallest absolute Gasteiger partial charge is 0.243 e. The molecule has 0 unspecified atom stereocenters. The van der Waals surface area contributed by atoms with E-state index in [0.717, 1.165) is 37.8 Å². The van der Waals surface area contributed by atoms with Gasteiger partial charge in [-0.05, 0) is 24.5 Å². The van der Waals surface area contributed by atoms with Gasteiger partial charge in [-0.2, -0.15) is 0 Å². The van der Waals surface area contributed by atoms with Crippen molar-refractivity contribution in [2.75, 3.05) is 11.9 Å². The second-order valence-corrected chi connectivity index (χ2v) is 5.69. The Hall–Kier alpha value is -1.55. The van der Waals surface area contributed by atoms with Crippen LogP contribution in [-0.4, -0.2) is 29.2 Å². The fraction of sp³-hybridized carbons (Fsp3) is 0.533. The van der Waals surface area contributed by atoms with E-state index < -0.39 is 0 Å². The van der Waals surface area contributed by atoms with E-state index in [2.05, 4.69) is 10.6 Å². The highest BCUT2D eigenvalue weighted by atomic mass is 16.3. The average molecular weight is 260 g/mol. The SMILES string of the molecule is O=C(NC1(CO)CCCC1)[C@@H]1Cc2ccccc2N1. The number of carbonyl (C=O) groups excluding carboxylic acids is 1. The van der Waals surface area contributed by atoms with E-state index in [1.807, 2.05) is 24.3 Å². The van der Waals surface area contributed by atoms with Gasteiger partial charge in [0.1, 0.15) is 6.04 Å². The van der Waals surface area contributed by atoms with E-state index in [4.69, 9.17) is 0 Å². The molecule has 1 aromatic carbocycles. The Bertz CT molecular complexity index is 456. The van der Waals surface area contributed by atoms with Gasteiger partial charge in [0.15, 0.2) is 0 Å². The number of anilines is 1. The minimum atomic E-state index is -0.381. The van der Waals surface area contributed by atoms with E-state index >= 15 is 0 Å². The van der Waals surface area contributed by atoms with Gasteiger partial charge in [0.25, 0.3) is 0 Å². The number of fused-ring (bicyclic) bond motifs is 1. The Morgan fingerprint density at radius 3 is 2.79 bits per heavy atom. The maximum Gasteiger partial charge on any atom is 0.243 e. The van der Waals surface area contributed by atoms with E-state index in [1.165, 1.54) is 5.56 Å². The zero-order chi connectivity index (χ0) is 13.3. The number of hydrogen-bond acceptors (Lipinski definition) is 3. The number of nitrogens with one attached hydrogen (secondary N) is 2. The van der Waals surface area contributed by atoms with Crippen molar-refractivity contribution in [1.82, 2.24) is 5.32 Å². The lowest BCUT2D eigenvalue weighted by Gasteiger charge is -2.29. The third-order valence-electron chi connectivity index (χ3n) is 4.34. The molecule has 0 spiro atoms. The maximum absolute atomic E-state index is 12.3. The lowest BCUT2D eigenvalue weighted by Crippen LogP contribution is -2.53. The van der Waals surface area contributed by atoms with Gasteiger partial charge in [-0.3, -0.25) is 4.79 Å². The first kappa shape index (κ1) is 12.5. The summed E-state index contributed by atoms with van der Waals surface area (Å²) in [4.78, 5) is 12.3. The molecule has 1 saturated carbocycles. The van der Waals surface area contributed by atoms with E-state index in [9.17, 15) is 9.90 Å². The monoisotopic (exact) mass is 260 g/mol. The number of benzene rings is 1. The third-order valence-corrected chi connectivity index (χ3v) is 4.34. The quantitative estimate of drug-likeness (QED) is 0.771. The van der Waals surface area contributed by atoms with Gasteiger partial charge in [-0.25, -0.2) is 0 Å². The third kappa shape index (κ3) is 2.32. The fourth-order valence-corrected chi connectivity index (χ4v) is 3.18. The Labute approximate surface area is 113 Å². The fourth-order valence-electron chi connectivity index (χ4n) is 3.18. The summed E-state index contributed by atoms with van der Waals surface area (Å²) in [7, 11) is 0. The van der Waals surface area contributed by atoms with Gasteiger partial charge in [0.05, 0.1) is 12.1 Å². The van der Waals surface area contributed by atoms with Gasteiger partial charge in [-0.15, -0.1) is 0 Å². The first-order valence-corrected chi connectivity index (χ1v) is 7.00. The average Bonchev–Trinajstić information content (AvgIpc) is 3.05. The molecule has 19 heavy (non-hydrogen) atoms. The molecule has 1 aliphatic carbocycles. The summed E-state index contributed by atoms with van der Waals surface area (Å²) in [5.74, 6) is 0.00662. The Morgan fingerprint density at radius 2 is 2.11 bits per heavy atom. The zero-order valence-electron chi connectivity index (χ0n) is 11.0. The summed E-state index contributed by atoms with van der Waals surface area (Å²) in [6.45, 7) is 0.0401. The van der Waals surface area contributed by atoms with E-state index in [0.29, 0.717) is 0 Å². The second kappa shape index (κ2) is 4.85. The number of para-hydroxylation sites is 1. The predicted molar refractivity (Wildman–Crippen MR) is 74.0 cm³/mol. The molecule has 1 fully saturated rings. The highest BCUT2D eigenvalue weighted by Gasteiger charge is 2.37. The molecule has 4 heteroatoms. The second-order valence-electron chi connectivity index (χ2n) is 5.69. The zero-order valence-corrected chi connectivity index (χ0v) is 11.0. The standard InChI is InChI=1S/C15H20N2O2/c18-10-15(7-3-4-8-15)17-14(19)13-9-11-5-1-2-6-12(11)16-13/h1-2,5-6,13,16,18H,3-4,7-10H2,(H,17,19)/t13-/m0/s1. The summed E-state index contributed by atoms with van der Waals surface area (Å²) < 4.78 is 0. The normalized spacial score (nSPS) is 23.7. The Morgan fingerprint density at radius 1 is 1.37 bits per heavy atom. The van der Waals surface area contributed by atoms with Crippen LogP contribution in [0.25, 0.3) is 0 Å². The minimum Gasteiger partial charge on any atom is -0.394 e. The summed E-state index contributed by atoms with van der Waals surface area (Å²) in [5, 5.41) is 15.9. The largest absolute Gasteiger partial charge is 0.394 e. The summed E-state index contributed by atoms with van der Waals surface area (Å²) >= 11 is 0. The van der Waals surface area contributed by atoms with Crippen molar-refractivity contribution in [3.05, 3.63) is 29.8 Å². The molecular weight excluding hydrogens is 240 g/mol. The maximum atomic E-state index is 12.3. The van der Waals surface area contributed by atoms with Crippen LogP contribution in [0.2, 0.25) is 0 Å². The topological polar surface area (TPSA) is 61.4 Å². The number of amides is 1. The predicted octanol–water partition coefficient (Wildman–Crippen LogP) is 1.44. The van der Waals surface area contributed by atoms with Crippen molar-refractivity contribution in [1.29, 1.82) is 0 Å². The number of hydrogen-bond donors (Lipinski definition) is 3. The van der Waals surface area contributed by atoms with Crippen LogP contribution in [0.15, 0.2) is 24.3 Å². The van der Waals surface area contributed by atoms with Crippen LogP contribution in [0, 0.1) is 0 Å². The van der Waals surface area contributed by atoms with Crippen LogP contribution in [0.3, 0.4) is 0 Å². The number of aliphatic hydroxyl groups excluding tert-OH is 1. The van der Waals surface area contributed by atoms with Crippen molar-refractivity contribution in [2.45, 2.75) is 43.7 Å². The van der Waals surface area contributed by atoms with Gasteiger partial charge in [-0.1, -0.05) is 31.0 Å². The summed E-state index contributed by atoms with van der Waals surface area (Å²) in [6, 6.07) is 7.81. The van der Waals surface area contributed by atoms with Gasteiger partial charge < -0.3 is 15.7 Å². The number of rotatable bonds is 3. The van der Waals surface area contributed by atoms with Crippen molar-refractivity contribution in [3.63, 3.8) is 0 Å². The van der Waals surface area contributed by atoms with Crippen LogP contribution >= 0.6 is 0 Å². The molecule has 0 bridgehead atoms. The molecule has 3 N–H and O–H groups in total. The molecule has 1 amide bonds. The lowest BCUT2D eigenvalue weighted by atomic mass is 9.98. The van der Waals surface area contributed by atoms with Crippen molar-refractivity contribution in [3.8, 4) is 0 Å². The molecule has 1 heterocycles. The Kier molecular flexibility index (Phi) is 3.19. The summed E-state index contributed by atoms with van der Waals surface area (Å²) in [5.41, 5.74) is 1.85. The van der Waals surface area contributed by atoms with Crippen LogP contribution in [0.4, 0.5) is 5.69 Å². The molecule has 1 atom stereocenters. The molecule has 0 radical (unpaired) electrons. The first-order chi connectivity index (χ1) is 9.22. The molecule has 4 nitrogen and oxygen atoms in total. The van der Waals surface area contributed by atoms with Crippen LogP contribution in [0.1, 0.15) is 31.2 Å². The highest BCUT2D eigenvalue weighted by Crippen LogP contribution is 2.30. The number of aliphatic hydroxyl groups is 1. The lowest BCUT2D eigenvalue weighted by molar-refractivity contribution is -0.124. The van der Waals surface area contributed by atoms with Crippen LogP contribution < -0.4 is 10.6 Å². The molecule has 0 aromatic heterocycles. The van der Waals surface area contributed by atoms with Crippen LogP contribution in [-0.2, 0) is 11.2 Å². The number of carbonyl (C=O) groups is 1. The van der Waals surface area contributed by atoms with Crippen molar-refractivity contribution in [2.24, 2.45) is 0 Å². The molecule has 0 saturated heterocycles. The van der Waals surface area contributed by atoms with Crippen molar-refractivity contribution < 1.29 is 9.90 Å². The van der Waals surface area contributed by atoms with Crippen LogP contribution in [0.5, 0.6) is 0 Å². The molecule has 3 rings (SSSR count). The summed E-state index contributed by atoms with van der Waals surface area (Å²) in [6.07, 6.45) is 4.66. The molecule has 1 aromatic rings.